The Morgan fingerprint density at radius 2 is 2.11 bits per heavy atom. The minimum atomic E-state index is -1.66. The summed E-state index contributed by atoms with van der Waals surface area (Å²) in [5, 5.41) is 5.93. The largest absolute Gasteiger partial charge is 0.466 e. The van der Waals surface area contributed by atoms with Crippen LogP contribution in [-0.4, -0.2) is 33.5 Å². The first-order chi connectivity index (χ1) is 13.4. The van der Waals surface area contributed by atoms with E-state index in [0.29, 0.717) is 29.4 Å². The van der Waals surface area contributed by atoms with Gasteiger partial charge in [0.2, 0.25) is 0 Å². The number of amides is 2. The number of hydrogen-bond donors (Lipinski definition) is 2. The molecule has 1 aliphatic rings. The zero-order chi connectivity index (χ0) is 19.9. The van der Waals surface area contributed by atoms with E-state index in [-0.39, 0.29) is 0 Å². The molecule has 3 aromatic rings. The van der Waals surface area contributed by atoms with Crippen LogP contribution in [0, 0.1) is 0 Å². The number of ether oxygens (including phenoxy) is 1. The molecule has 2 heterocycles. The minimum absolute atomic E-state index is 0.329. The van der Waals surface area contributed by atoms with Crippen molar-refractivity contribution in [2.75, 3.05) is 11.9 Å². The molecule has 0 aliphatic carbocycles. The lowest BCUT2D eigenvalue weighted by atomic mass is 10.0. The molecule has 0 bridgehead atoms. The summed E-state index contributed by atoms with van der Waals surface area (Å²) in [7, 11) is 1.94. The molecule has 1 aromatic heterocycles. The lowest BCUT2D eigenvalue weighted by molar-refractivity contribution is -0.146. The molecule has 2 aromatic carbocycles. The monoisotopic (exact) mass is 398 g/mol. The van der Waals surface area contributed by atoms with Gasteiger partial charge in [-0.1, -0.05) is 23.7 Å². The maximum Gasteiger partial charge on any atom is 0.278 e. The van der Waals surface area contributed by atoms with E-state index < -0.39 is 17.4 Å². The van der Waals surface area contributed by atoms with E-state index in [9.17, 15) is 9.59 Å². The summed E-state index contributed by atoms with van der Waals surface area (Å²) in [4.78, 5) is 29.8. The van der Waals surface area contributed by atoms with Crippen molar-refractivity contribution in [3.8, 4) is 5.75 Å². The van der Waals surface area contributed by atoms with E-state index in [1.54, 1.807) is 18.2 Å². The van der Waals surface area contributed by atoms with Crippen molar-refractivity contribution in [2.24, 2.45) is 7.05 Å². The molecular weight excluding hydrogens is 380 g/mol. The number of carbonyl (C=O) groups is 2. The van der Waals surface area contributed by atoms with Crippen LogP contribution in [-0.2, 0) is 23.1 Å². The molecule has 2 amide bonds. The molecule has 0 fully saturated rings. The van der Waals surface area contributed by atoms with Gasteiger partial charge >= 0.3 is 0 Å². The third kappa shape index (κ3) is 3.07. The number of benzene rings is 2. The Balaban J connectivity index is 1.45. The molecule has 7 nitrogen and oxygen atoms in total. The minimum Gasteiger partial charge on any atom is -0.466 e. The normalized spacial score (nSPS) is 18.3. The fraction of sp³-hybridized carbons (Fsp3) is 0.250. The van der Waals surface area contributed by atoms with Crippen LogP contribution in [0.15, 0.2) is 42.5 Å². The highest BCUT2D eigenvalue weighted by Gasteiger charge is 2.47. The van der Waals surface area contributed by atoms with Crippen molar-refractivity contribution < 1.29 is 14.3 Å². The van der Waals surface area contributed by atoms with Crippen molar-refractivity contribution in [3.63, 3.8) is 0 Å². The van der Waals surface area contributed by atoms with Gasteiger partial charge in [-0.2, -0.15) is 0 Å². The lowest BCUT2D eigenvalue weighted by Gasteiger charge is -2.33. The van der Waals surface area contributed by atoms with E-state index in [2.05, 4.69) is 15.6 Å². The molecule has 28 heavy (non-hydrogen) atoms. The summed E-state index contributed by atoms with van der Waals surface area (Å²) < 4.78 is 7.71. The van der Waals surface area contributed by atoms with Gasteiger partial charge in [-0.25, -0.2) is 4.98 Å². The second-order valence-corrected chi connectivity index (χ2v) is 7.25. The summed E-state index contributed by atoms with van der Waals surface area (Å²) in [6.45, 7) is 1.78. The van der Waals surface area contributed by atoms with Crippen molar-refractivity contribution >= 4 is 40.1 Å². The zero-order valence-electron chi connectivity index (χ0n) is 15.5. The number of nitrogens with one attached hydrogen (secondary N) is 2. The lowest BCUT2D eigenvalue weighted by Crippen LogP contribution is -2.59. The van der Waals surface area contributed by atoms with Crippen molar-refractivity contribution in [1.82, 2.24) is 14.9 Å². The van der Waals surface area contributed by atoms with E-state index in [0.717, 1.165) is 16.9 Å². The smallest absolute Gasteiger partial charge is 0.278 e. The summed E-state index contributed by atoms with van der Waals surface area (Å²) in [5.41, 5.74) is 0.722. The Bertz CT molecular complexity index is 1090. The zero-order valence-corrected chi connectivity index (χ0v) is 16.2. The number of aryl methyl sites for hydroxylation is 1. The van der Waals surface area contributed by atoms with Gasteiger partial charge in [-0.3, -0.25) is 9.59 Å². The molecule has 2 N–H and O–H groups in total. The molecule has 8 heteroatoms. The first-order valence-electron chi connectivity index (χ1n) is 8.87. The van der Waals surface area contributed by atoms with Crippen LogP contribution in [0.5, 0.6) is 5.75 Å². The second-order valence-electron chi connectivity index (χ2n) is 6.81. The van der Waals surface area contributed by atoms with Gasteiger partial charge in [0, 0.05) is 25.0 Å². The van der Waals surface area contributed by atoms with E-state index in [4.69, 9.17) is 16.3 Å². The maximum atomic E-state index is 12.7. The molecule has 0 saturated carbocycles. The van der Waals surface area contributed by atoms with Gasteiger partial charge in [0.25, 0.3) is 17.4 Å². The van der Waals surface area contributed by atoms with Gasteiger partial charge in [0.15, 0.2) is 0 Å². The Labute approximate surface area is 166 Å². The third-order valence-electron chi connectivity index (χ3n) is 4.88. The molecule has 0 saturated heterocycles. The van der Waals surface area contributed by atoms with Crippen LogP contribution in [0.3, 0.4) is 0 Å². The highest BCUT2D eigenvalue weighted by molar-refractivity contribution is 6.31. The quantitative estimate of drug-likeness (QED) is 0.662. The fourth-order valence-corrected chi connectivity index (χ4v) is 3.39. The molecule has 1 aliphatic heterocycles. The first-order valence-corrected chi connectivity index (χ1v) is 9.25. The van der Waals surface area contributed by atoms with Crippen molar-refractivity contribution in [1.29, 1.82) is 0 Å². The van der Waals surface area contributed by atoms with Gasteiger partial charge < -0.3 is 19.9 Å². The molecule has 0 radical (unpaired) electrons. The predicted octanol–water partition coefficient (Wildman–Crippen LogP) is 2.68. The van der Waals surface area contributed by atoms with E-state index >= 15 is 0 Å². The Morgan fingerprint density at radius 3 is 2.89 bits per heavy atom. The number of carbonyl (C=O) groups excluding carboxylic acids is 2. The number of para-hydroxylation sites is 2. The van der Waals surface area contributed by atoms with Crippen LogP contribution >= 0.6 is 11.6 Å². The first kappa shape index (κ1) is 18.3. The summed E-state index contributed by atoms with van der Waals surface area (Å²) in [6.07, 6.45) is 0.529. The SMILES string of the molecule is Cn1c(CCNC(=O)C2(C)Oc3ccc(Cl)cc3NC2=O)nc2ccccc21. The number of rotatable bonds is 4. The molecule has 0 spiro atoms. The summed E-state index contributed by atoms with van der Waals surface area (Å²) in [6, 6.07) is 12.7. The highest BCUT2D eigenvalue weighted by atomic mass is 35.5. The van der Waals surface area contributed by atoms with Crippen LogP contribution in [0.2, 0.25) is 5.02 Å². The molecule has 1 unspecified atom stereocenters. The van der Waals surface area contributed by atoms with Crippen LogP contribution in [0.25, 0.3) is 11.0 Å². The number of nitrogens with zero attached hydrogens (tertiary/aromatic N) is 2. The average Bonchev–Trinajstić information content (AvgIpc) is 2.99. The number of fused-ring (bicyclic) bond motifs is 2. The average molecular weight is 399 g/mol. The standard InChI is InChI=1S/C20H19ClN4O3/c1-20(19(27)24-14-11-12(21)7-8-16(14)28-20)18(26)22-10-9-17-23-13-5-3-4-6-15(13)25(17)2/h3-8,11H,9-10H2,1-2H3,(H,22,26)(H,24,27). The molecule has 144 valence electrons. The number of halogens is 1. The third-order valence-corrected chi connectivity index (χ3v) is 5.12. The Morgan fingerprint density at radius 1 is 1.32 bits per heavy atom. The maximum absolute atomic E-state index is 12.7. The Hall–Kier alpha value is -3.06. The number of hydrogen-bond acceptors (Lipinski definition) is 4. The number of aromatic nitrogens is 2. The van der Waals surface area contributed by atoms with E-state index in [1.165, 1.54) is 6.92 Å². The van der Waals surface area contributed by atoms with Gasteiger partial charge in [0.05, 0.1) is 16.7 Å². The summed E-state index contributed by atoms with van der Waals surface area (Å²) in [5.74, 6) is 0.199. The van der Waals surface area contributed by atoms with Gasteiger partial charge in [-0.05, 0) is 37.3 Å². The van der Waals surface area contributed by atoms with Crippen molar-refractivity contribution in [3.05, 3.63) is 53.3 Å². The predicted molar refractivity (Wildman–Crippen MR) is 107 cm³/mol. The van der Waals surface area contributed by atoms with Gasteiger partial charge in [-0.15, -0.1) is 0 Å². The van der Waals surface area contributed by atoms with Crippen molar-refractivity contribution in [2.45, 2.75) is 18.9 Å². The van der Waals surface area contributed by atoms with Gasteiger partial charge in [0.1, 0.15) is 11.6 Å². The number of anilines is 1. The van der Waals surface area contributed by atoms with Crippen LogP contribution in [0.1, 0.15) is 12.7 Å². The Kier molecular flexibility index (Phi) is 4.47. The second kappa shape index (κ2) is 6.83. The highest BCUT2D eigenvalue weighted by Crippen LogP contribution is 2.35. The van der Waals surface area contributed by atoms with E-state index in [1.807, 2.05) is 35.9 Å². The van der Waals surface area contributed by atoms with Crippen LogP contribution < -0.4 is 15.4 Å². The molecular formula is C20H19ClN4O3. The van der Waals surface area contributed by atoms with Crippen LogP contribution in [0.4, 0.5) is 5.69 Å². The summed E-state index contributed by atoms with van der Waals surface area (Å²) >= 11 is 5.93. The number of imidazole rings is 1. The molecule has 4 rings (SSSR count). The molecule has 1 atom stereocenters. The fourth-order valence-electron chi connectivity index (χ4n) is 3.22. The topological polar surface area (TPSA) is 85.3 Å².